The van der Waals surface area contributed by atoms with Crippen molar-refractivity contribution in [3.8, 4) is 0 Å². The van der Waals surface area contributed by atoms with Gasteiger partial charge >= 0.3 is 0 Å². The Balaban J connectivity index is 3.17. The molecule has 0 aromatic rings. The van der Waals surface area contributed by atoms with Crippen LogP contribution in [0, 0.1) is 0 Å². The normalized spacial score (nSPS) is 11.8. The van der Waals surface area contributed by atoms with E-state index >= 15 is 0 Å². The molecule has 0 fully saturated rings. The van der Waals surface area contributed by atoms with Crippen LogP contribution in [0.5, 0.6) is 0 Å². The third kappa shape index (κ3) is 26.6. The molecule has 204 valence electrons. The summed E-state index contributed by atoms with van der Waals surface area (Å²) in [5.41, 5.74) is 0. The maximum atomic E-state index is 11.8. The minimum atomic E-state index is -0.622. The van der Waals surface area contributed by atoms with Crippen LogP contribution in [-0.2, 0) is 18.7 Å². The Kier molecular flexibility index (Phi) is 29.2. The van der Waals surface area contributed by atoms with E-state index in [1.807, 2.05) is 0 Å². The lowest BCUT2D eigenvalue weighted by atomic mass is 10.0. The van der Waals surface area contributed by atoms with Gasteiger partial charge in [-0.25, -0.2) is 0 Å². The summed E-state index contributed by atoms with van der Waals surface area (Å²) in [5.74, 6) is 1.08. The van der Waals surface area contributed by atoms with Crippen LogP contribution in [0.1, 0.15) is 141 Å². The predicted molar refractivity (Wildman–Crippen MR) is 153 cm³/mol. The van der Waals surface area contributed by atoms with Crippen LogP contribution in [0.25, 0.3) is 0 Å². The lowest BCUT2D eigenvalue weighted by Gasteiger charge is -2.12. The smallest absolute Gasteiger partial charge is 0.292 e. The molecule has 0 bridgehead atoms. The first-order valence-corrected chi connectivity index (χ1v) is 16.8. The summed E-state index contributed by atoms with van der Waals surface area (Å²) in [4.78, 5) is 11.8. The van der Waals surface area contributed by atoms with Gasteiger partial charge in [0.05, 0.1) is 0 Å². The van der Waals surface area contributed by atoms with Crippen LogP contribution >= 0.6 is 12.6 Å². The number of hydrogen-bond donors (Lipinski definition) is 1. The second-order valence-corrected chi connectivity index (χ2v) is 11.7. The molecule has 0 rings (SSSR count). The first-order chi connectivity index (χ1) is 16.7. The van der Waals surface area contributed by atoms with Crippen molar-refractivity contribution in [3.05, 3.63) is 0 Å². The first-order valence-electron chi connectivity index (χ1n) is 14.6. The van der Waals surface area contributed by atoms with Gasteiger partial charge < -0.3 is 13.9 Å². The molecule has 0 unspecified atom stereocenters. The van der Waals surface area contributed by atoms with E-state index in [4.69, 9.17) is 13.9 Å². The van der Waals surface area contributed by atoms with Crippen molar-refractivity contribution in [1.29, 1.82) is 0 Å². The maximum Gasteiger partial charge on any atom is 0.292 e. The number of unbranched alkanes of at least 4 members (excludes halogenated alkanes) is 18. The van der Waals surface area contributed by atoms with E-state index in [9.17, 15) is 4.79 Å². The minimum absolute atomic E-state index is 0.0224. The van der Waals surface area contributed by atoms with Crippen LogP contribution in [0.3, 0.4) is 0 Å². The lowest BCUT2D eigenvalue weighted by Crippen LogP contribution is -2.12. The molecule has 6 heteroatoms. The Bertz CT molecular complexity index is 408. The van der Waals surface area contributed by atoms with Crippen LogP contribution in [0.15, 0.2) is 0 Å². The molecule has 0 radical (unpaired) electrons. The largest absolute Gasteiger partial charge is 0.525 e. The van der Waals surface area contributed by atoms with Gasteiger partial charge in [0.25, 0.3) is 5.97 Å². The summed E-state index contributed by atoms with van der Waals surface area (Å²) < 4.78 is 15.9. The molecule has 34 heavy (non-hydrogen) atoms. The van der Waals surface area contributed by atoms with Crippen LogP contribution in [-0.4, -0.2) is 42.0 Å². The molecule has 4 nitrogen and oxygen atoms in total. The highest BCUT2D eigenvalue weighted by Crippen LogP contribution is 2.15. The molecule has 0 amide bonds. The quantitative estimate of drug-likeness (QED) is 0.0491. The van der Waals surface area contributed by atoms with Gasteiger partial charge in [-0.2, -0.15) is 12.6 Å². The van der Waals surface area contributed by atoms with Crippen molar-refractivity contribution in [2.45, 2.75) is 154 Å². The Labute approximate surface area is 220 Å². The molecule has 0 saturated carbocycles. The summed E-state index contributed by atoms with van der Waals surface area (Å²) >= 11 is 4.24. The van der Waals surface area contributed by atoms with Crippen molar-refractivity contribution in [2.75, 3.05) is 20.0 Å². The van der Waals surface area contributed by atoms with E-state index < -0.39 is 9.76 Å². The first kappa shape index (κ1) is 34.0. The zero-order valence-corrected chi connectivity index (χ0v) is 25.1. The molecule has 0 aromatic heterocycles. The number of carbonyl (C=O) groups is 1. The summed E-state index contributed by atoms with van der Waals surface area (Å²) in [6.45, 7) is 0. The predicted octanol–water partition coefficient (Wildman–Crippen LogP) is 8.16. The molecule has 0 heterocycles. The van der Waals surface area contributed by atoms with Crippen molar-refractivity contribution in [2.24, 2.45) is 0 Å². The van der Waals surface area contributed by atoms with Crippen LogP contribution < -0.4 is 0 Å². The molecule has 0 atom stereocenters. The summed E-state index contributed by atoms with van der Waals surface area (Å²) in [5, 5.41) is 0. The molecular weight excluding hydrogens is 460 g/mol. The van der Waals surface area contributed by atoms with E-state index in [2.05, 4.69) is 12.6 Å². The molecule has 0 aliphatic heterocycles. The highest BCUT2D eigenvalue weighted by Gasteiger charge is 2.04. The number of thiol groups is 1. The number of hydrogen-bond acceptors (Lipinski definition) is 5. The highest BCUT2D eigenvalue weighted by molar-refractivity contribution is 7.80. The number of carbonyl (C=O) groups excluding carboxylic acids is 1. The summed E-state index contributed by atoms with van der Waals surface area (Å²) in [7, 11) is 2.81. The summed E-state index contributed by atoms with van der Waals surface area (Å²) in [6.07, 6.45) is 27.6. The molecule has 0 aliphatic carbocycles. The molecule has 0 spiro atoms. The van der Waals surface area contributed by atoms with Crippen molar-refractivity contribution >= 4 is 28.4 Å². The standard InChI is InChI=1S/C28H58O4SSi/c1-30-28(31-2)24-20-16-12-10-8-6-4-3-5-7-9-11-15-19-23-27(29)32-34-26-22-18-14-13-17-21-25-33/h28,33H,3-26,34H2,1-2H3. The Morgan fingerprint density at radius 3 is 1.50 bits per heavy atom. The van der Waals surface area contributed by atoms with Gasteiger partial charge in [0.2, 0.25) is 9.76 Å². The van der Waals surface area contributed by atoms with E-state index in [0.29, 0.717) is 6.42 Å². The number of methoxy groups -OCH3 is 2. The zero-order chi connectivity index (χ0) is 25.0. The molecular formula is C28H58O4SSi. The molecule has 0 aromatic carbocycles. The molecule has 0 saturated heterocycles. The van der Waals surface area contributed by atoms with Gasteiger partial charge in [-0.05, 0) is 37.5 Å². The monoisotopic (exact) mass is 518 g/mol. The van der Waals surface area contributed by atoms with Crippen molar-refractivity contribution in [3.63, 3.8) is 0 Å². The van der Waals surface area contributed by atoms with E-state index in [1.54, 1.807) is 14.2 Å². The minimum Gasteiger partial charge on any atom is -0.525 e. The van der Waals surface area contributed by atoms with Crippen molar-refractivity contribution in [1.82, 2.24) is 0 Å². The SMILES string of the molecule is COC(CCCCCCCCCCCCCCCCC(=O)O[SiH2]CCCCCCCCS)OC. The lowest BCUT2D eigenvalue weighted by molar-refractivity contribution is -0.134. The fourth-order valence-electron chi connectivity index (χ4n) is 4.39. The maximum absolute atomic E-state index is 11.8. The second kappa shape index (κ2) is 29.2. The summed E-state index contributed by atoms with van der Waals surface area (Å²) in [6, 6.07) is 1.16. The molecule has 0 aliphatic rings. The topological polar surface area (TPSA) is 44.8 Å². The van der Waals surface area contributed by atoms with Gasteiger partial charge in [-0.15, -0.1) is 0 Å². The zero-order valence-electron chi connectivity index (χ0n) is 22.8. The van der Waals surface area contributed by atoms with E-state index in [0.717, 1.165) is 24.6 Å². The van der Waals surface area contributed by atoms with E-state index in [-0.39, 0.29) is 12.3 Å². The van der Waals surface area contributed by atoms with Gasteiger partial charge in [0.1, 0.15) is 0 Å². The second-order valence-electron chi connectivity index (χ2n) is 9.81. The van der Waals surface area contributed by atoms with Gasteiger partial charge in [-0.1, -0.05) is 109 Å². The van der Waals surface area contributed by atoms with E-state index in [1.165, 1.54) is 122 Å². The third-order valence-electron chi connectivity index (χ3n) is 6.66. The Hall–Kier alpha value is -0.0431. The fourth-order valence-corrected chi connectivity index (χ4v) is 5.69. The van der Waals surface area contributed by atoms with Gasteiger partial charge in [0.15, 0.2) is 6.29 Å². The Morgan fingerprint density at radius 2 is 1.03 bits per heavy atom. The number of ether oxygens (including phenoxy) is 2. The average Bonchev–Trinajstić information content (AvgIpc) is 2.85. The number of rotatable bonds is 28. The molecule has 0 N–H and O–H groups in total. The highest BCUT2D eigenvalue weighted by atomic mass is 32.1. The van der Waals surface area contributed by atoms with Crippen molar-refractivity contribution < 1.29 is 18.7 Å². The third-order valence-corrected chi connectivity index (χ3v) is 8.29. The average molecular weight is 519 g/mol. The van der Waals surface area contributed by atoms with Crippen LogP contribution in [0.2, 0.25) is 6.04 Å². The van der Waals surface area contributed by atoms with Gasteiger partial charge in [0, 0.05) is 20.6 Å². The fraction of sp³-hybridized carbons (Fsp3) is 0.964. The van der Waals surface area contributed by atoms with Gasteiger partial charge in [-0.3, -0.25) is 4.79 Å². The Morgan fingerprint density at radius 1 is 0.618 bits per heavy atom. The van der Waals surface area contributed by atoms with Crippen LogP contribution in [0.4, 0.5) is 0 Å².